The summed E-state index contributed by atoms with van der Waals surface area (Å²) in [4.78, 5) is 29.4. The molecule has 4 rings (SSSR count). The van der Waals surface area contributed by atoms with Crippen molar-refractivity contribution >= 4 is 22.6 Å². The highest BCUT2D eigenvalue weighted by molar-refractivity contribution is 6.07. The van der Waals surface area contributed by atoms with Crippen molar-refractivity contribution in [3.8, 4) is 17.2 Å². The van der Waals surface area contributed by atoms with E-state index in [0.717, 1.165) is 18.2 Å². The van der Waals surface area contributed by atoms with Crippen LogP contribution in [0.25, 0.3) is 22.3 Å². The molecule has 0 radical (unpaired) electrons. The molecule has 1 atom stereocenters. The van der Waals surface area contributed by atoms with Crippen LogP contribution in [0.4, 0.5) is 18.9 Å². The van der Waals surface area contributed by atoms with E-state index in [9.17, 15) is 27.9 Å². The standard InChI is InChI=1S/C25H19F3N2O6/c26-25(27,28)16-4-1-3-14(9-16)21-10-20(33)18-5-2-6-19(23(18)36-21)30-24(34)15-7-8-22(29-11-15)35-13-17(32)12-31/h1-11,17,31-32H,12-13H2,(H,30,34)/t17-/m0/s1. The van der Waals surface area contributed by atoms with Crippen molar-refractivity contribution in [2.75, 3.05) is 18.5 Å². The summed E-state index contributed by atoms with van der Waals surface area (Å²) in [6.07, 6.45) is -4.41. The molecule has 11 heteroatoms. The number of alkyl halides is 3. The van der Waals surface area contributed by atoms with Gasteiger partial charge in [-0.2, -0.15) is 13.2 Å². The predicted molar refractivity (Wildman–Crippen MR) is 124 cm³/mol. The monoisotopic (exact) mass is 500 g/mol. The van der Waals surface area contributed by atoms with Crippen molar-refractivity contribution in [1.29, 1.82) is 0 Å². The van der Waals surface area contributed by atoms with Gasteiger partial charge < -0.3 is 24.7 Å². The number of aliphatic hydroxyl groups is 2. The molecule has 0 saturated carbocycles. The Morgan fingerprint density at radius 2 is 1.89 bits per heavy atom. The van der Waals surface area contributed by atoms with E-state index in [1.807, 2.05) is 0 Å². The van der Waals surface area contributed by atoms with Crippen LogP contribution in [0.1, 0.15) is 15.9 Å². The molecule has 0 saturated heterocycles. The zero-order chi connectivity index (χ0) is 25.9. The van der Waals surface area contributed by atoms with E-state index >= 15 is 0 Å². The van der Waals surface area contributed by atoms with Crippen molar-refractivity contribution in [1.82, 2.24) is 4.98 Å². The molecule has 0 fully saturated rings. The number of carbonyl (C=O) groups excluding carboxylic acids is 1. The minimum absolute atomic E-state index is 0.00309. The Hall–Kier alpha value is -4.22. The molecule has 0 aliphatic rings. The Kier molecular flexibility index (Phi) is 7.04. The van der Waals surface area contributed by atoms with Crippen LogP contribution in [0.5, 0.6) is 5.88 Å². The van der Waals surface area contributed by atoms with Crippen LogP contribution in [0.15, 0.2) is 76.1 Å². The van der Waals surface area contributed by atoms with Crippen LogP contribution in [0.3, 0.4) is 0 Å². The molecule has 186 valence electrons. The molecule has 0 bridgehead atoms. The Morgan fingerprint density at radius 3 is 2.58 bits per heavy atom. The number of anilines is 1. The lowest BCUT2D eigenvalue weighted by molar-refractivity contribution is -0.137. The SMILES string of the molecule is O=C(Nc1cccc2c(=O)cc(-c3cccc(C(F)(F)F)c3)oc12)c1ccc(OC[C@@H](O)CO)nc1. The first-order valence-corrected chi connectivity index (χ1v) is 10.6. The van der Waals surface area contributed by atoms with Crippen molar-refractivity contribution in [2.24, 2.45) is 0 Å². The van der Waals surface area contributed by atoms with E-state index in [1.54, 1.807) is 0 Å². The zero-order valence-corrected chi connectivity index (χ0v) is 18.5. The van der Waals surface area contributed by atoms with E-state index in [0.29, 0.717) is 0 Å². The first-order valence-electron chi connectivity index (χ1n) is 10.6. The predicted octanol–water partition coefficient (Wildman–Crippen LogP) is 3.86. The number of rotatable bonds is 7. The average molecular weight is 500 g/mol. The molecule has 2 heterocycles. The van der Waals surface area contributed by atoms with Gasteiger partial charge in [0, 0.05) is 23.9 Å². The third kappa shape index (κ3) is 5.53. The minimum Gasteiger partial charge on any atom is -0.475 e. The van der Waals surface area contributed by atoms with Gasteiger partial charge in [-0.05, 0) is 30.3 Å². The number of amides is 1. The molecule has 0 unspecified atom stereocenters. The van der Waals surface area contributed by atoms with E-state index in [4.69, 9.17) is 14.3 Å². The number of para-hydroxylation sites is 1. The lowest BCUT2D eigenvalue weighted by Gasteiger charge is -2.11. The summed E-state index contributed by atoms with van der Waals surface area (Å²) in [5.41, 5.74) is -1.07. The lowest BCUT2D eigenvalue weighted by atomic mass is 10.1. The van der Waals surface area contributed by atoms with Gasteiger partial charge >= 0.3 is 6.18 Å². The van der Waals surface area contributed by atoms with E-state index < -0.39 is 35.8 Å². The maximum atomic E-state index is 13.1. The Balaban J connectivity index is 1.63. The van der Waals surface area contributed by atoms with Gasteiger partial charge in [0.1, 0.15) is 18.5 Å². The smallest absolute Gasteiger partial charge is 0.416 e. The zero-order valence-electron chi connectivity index (χ0n) is 18.5. The van der Waals surface area contributed by atoms with Crippen molar-refractivity contribution in [3.63, 3.8) is 0 Å². The van der Waals surface area contributed by atoms with Gasteiger partial charge in [0.05, 0.1) is 28.8 Å². The second-order valence-electron chi connectivity index (χ2n) is 7.72. The van der Waals surface area contributed by atoms with Crippen molar-refractivity contribution < 1.29 is 37.3 Å². The van der Waals surface area contributed by atoms with Crippen molar-refractivity contribution in [2.45, 2.75) is 12.3 Å². The number of pyridine rings is 1. The minimum atomic E-state index is -4.57. The summed E-state index contributed by atoms with van der Waals surface area (Å²) in [6.45, 7) is -0.657. The quantitative estimate of drug-likeness (QED) is 0.352. The fraction of sp³-hybridized carbons (Fsp3) is 0.160. The number of ether oxygens (including phenoxy) is 1. The van der Waals surface area contributed by atoms with Gasteiger partial charge in [-0.15, -0.1) is 0 Å². The maximum absolute atomic E-state index is 13.1. The molecule has 0 aliphatic heterocycles. The molecule has 2 aromatic heterocycles. The number of nitrogens with one attached hydrogen (secondary N) is 1. The molecule has 0 spiro atoms. The lowest BCUT2D eigenvalue weighted by Crippen LogP contribution is -2.21. The third-order valence-electron chi connectivity index (χ3n) is 5.11. The van der Waals surface area contributed by atoms with Crippen molar-refractivity contribution in [3.05, 3.63) is 88.2 Å². The first kappa shape index (κ1) is 24.9. The highest BCUT2D eigenvalue weighted by atomic mass is 19.4. The number of carbonyl (C=O) groups is 1. The number of aromatic nitrogens is 1. The first-order chi connectivity index (χ1) is 17.2. The number of benzene rings is 2. The van der Waals surface area contributed by atoms with Gasteiger partial charge in [-0.25, -0.2) is 4.98 Å². The molecule has 2 aromatic carbocycles. The molecule has 4 aromatic rings. The summed E-state index contributed by atoms with van der Waals surface area (Å²) < 4.78 is 50.4. The number of aliphatic hydroxyl groups excluding tert-OH is 2. The average Bonchev–Trinajstić information content (AvgIpc) is 2.87. The third-order valence-corrected chi connectivity index (χ3v) is 5.11. The highest BCUT2D eigenvalue weighted by Gasteiger charge is 2.30. The second kappa shape index (κ2) is 10.2. The fourth-order valence-electron chi connectivity index (χ4n) is 3.30. The molecular weight excluding hydrogens is 481 g/mol. The largest absolute Gasteiger partial charge is 0.475 e. The van der Waals surface area contributed by atoms with Crippen LogP contribution in [-0.4, -0.2) is 40.4 Å². The second-order valence-corrected chi connectivity index (χ2v) is 7.72. The van der Waals surface area contributed by atoms with Crippen LogP contribution < -0.4 is 15.5 Å². The summed E-state index contributed by atoms with van der Waals surface area (Å²) in [7, 11) is 0. The molecule has 3 N–H and O–H groups in total. The van der Waals surface area contributed by atoms with E-state index in [2.05, 4.69) is 10.3 Å². The Morgan fingerprint density at radius 1 is 1.11 bits per heavy atom. The molecule has 8 nitrogen and oxygen atoms in total. The number of halogens is 3. The number of fused-ring (bicyclic) bond motifs is 1. The maximum Gasteiger partial charge on any atom is 0.416 e. The Labute approximate surface area is 201 Å². The van der Waals surface area contributed by atoms with E-state index in [-0.39, 0.29) is 46.0 Å². The van der Waals surface area contributed by atoms with Gasteiger partial charge in [-0.3, -0.25) is 9.59 Å². The Bertz CT molecular complexity index is 1450. The molecule has 0 aliphatic carbocycles. The van der Waals surface area contributed by atoms with Crippen LogP contribution in [0.2, 0.25) is 0 Å². The fourth-order valence-corrected chi connectivity index (χ4v) is 3.30. The van der Waals surface area contributed by atoms with Crippen LogP contribution >= 0.6 is 0 Å². The number of nitrogens with zero attached hydrogens (tertiary/aromatic N) is 1. The van der Waals surface area contributed by atoms with Gasteiger partial charge in [-0.1, -0.05) is 18.2 Å². The summed E-state index contributed by atoms with van der Waals surface area (Å²) in [5, 5.41) is 20.9. The highest BCUT2D eigenvalue weighted by Crippen LogP contribution is 2.33. The van der Waals surface area contributed by atoms with Crippen LogP contribution in [0, 0.1) is 0 Å². The summed E-state index contributed by atoms with van der Waals surface area (Å²) in [5.74, 6) is -0.557. The molecule has 1 amide bonds. The van der Waals surface area contributed by atoms with Crippen LogP contribution in [-0.2, 0) is 6.18 Å². The summed E-state index contributed by atoms with van der Waals surface area (Å²) in [6, 6.07) is 12.8. The number of hydrogen-bond acceptors (Lipinski definition) is 7. The van der Waals surface area contributed by atoms with Gasteiger partial charge in [0.15, 0.2) is 11.0 Å². The van der Waals surface area contributed by atoms with Gasteiger partial charge in [0.2, 0.25) is 5.88 Å². The van der Waals surface area contributed by atoms with E-state index in [1.165, 1.54) is 48.7 Å². The number of hydrogen-bond donors (Lipinski definition) is 3. The molecular formula is C25H19F3N2O6. The summed E-state index contributed by atoms with van der Waals surface area (Å²) >= 11 is 0. The van der Waals surface area contributed by atoms with Gasteiger partial charge in [0.25, 0.3) is 5.91 Å². The topological polar surface area (TPSA) is 122 Å². The normalized spacial score (nSPS) is 12.4. The molecule has 36 heavy (non-hydrogen) atoms.